The Morgan fingerprint density at radius 2 is 1.47 bits per heavy atom. The molecule has 0 fully saturated rings. The zero-order valence-corrected chi connectivity index (χ0v) is 14.9. The minimum Gasteiger partial charge on any atom is -0.496 e. The summed E-state index contributed by atoms with van der Waals surface area (Å²) in [6.07, 6.45) is 0. The standard InChI is InChI=1S/C14H11Br3O2/c1-18-13-6-12(17)14(7-11(13)16)19-8-9-2-4-10(15)5-3-9/h2-7H,8H2,1H3. The first-order valence-electron chi connectivity index (χ1n) is 5.50. The zero-order chi connectivity index (χ0) is 13.8. The molecule has 0 spiro atoms. The number of methoxy groups -OCH3 is 1. The van der Waals surface area contributed by atoms with Crippen LogP contribution >= 0.6 is 47.8 Å². The van der Waals surface area contributed by atoms with Crippen molar-refractivity contribution in [1.82, 2.24) is 0 Å². The van der Waals surface area contributed by atoms with Crippen LogP contribution < -0.4 is 9.47 Å². The van der Waals surface area contributed by atoms with Crippen LogP contribution in [-0.4, -0.2) is 7.11 Å². The van der Waals surface area contributed by atoms with Crippen molar-refractivity contribution in [3.63, 3.8) is 0 Å². The van der Waals surface area contributed by atoms with Crippen LogP contribution in [0.25, 0.3) is 0 Å². The van der Waals surface area contributed by atoms with Gasteiger partial charge in [-0.1, -0.05) is 28.1 Å². The summed E-state index contributed by atoms with van der Waals surface area (Å²) >= 11 is 10.3. The average molecular weight is 451 g/mol. The van der Waals surface area contributed by atoms with Crippen molar-refractivity contribution in [2.24, 2.45) is 0 Å². The van der Waals surface area contributed by atoms with Crippen molar-refractivity contribution < 1.29 is 9.47 Å². The van der Waals surface area contributed by atoms with E-state index in [1.165, 1.54) is 0 Å². The summed E-state index contributed by atoms with van der Waals surface area (Å²) in [5.41, 5.74) is 1.11. The summed E-state index contributed by atoms with van der Waals surface area (Å²) in [5.74, 6) is 1.54. The van der Waals surface area contributed by atoms with Gasteiger partial charge < -0.3 is 9.47 Å². The molecule has 2 aromatic rings. The van der Waals surface area contributed by atoms with E-state index in [0.29, 0.717) is 6.61 Å². The third-order valence-electron chi connectivity index (χ3n) is 2.51. The molecule has 2 nitrogen and oxygen atoms in total. The number of ether oxygens (including phenoxy) is 2. The van der Waals surface area contributed by atoms with Crippen LogP contribution in [0, 0.1) is 0 Å². The molecule has 0 N–H and O–H groups in total. The van der Waals surface area contributed by atoms with Crippen LogP contribution in [0.15, 0.2) is 49.8 Å². The molecule has 0 amide bonds. The van der Waals surface area contributed by atoms with Crippen LogP contribution in [0.3, 0.4) is 0 Å². The molecule has 0 aliphatic rings. The smallest absolute Gasteiger partial charge is 0.135 e. The predicted octanol–water partition coefficient (Wildman–Crippen LogP) is 5.56. The Hall–Kier alpha value is -0.520. The van der Waals surface area contributed by atoms with E-state index in [1.54, 1.807) is 7.11 Å². The summed E-state index contributed by atoms with van der Waals surface area (Å²) in [6, 6.07) is 11.8. The van der Waals surface area contributed by atoms with Crippen LogP contribution in [0.5, 0.6) is 11.5 Å². The quantitative estimate of drug-likeness (QED) is 0.607. The van der Waals surface area contributed by atoms with Crippen molar-refractivity contribution in [3.05, 3.63) is 55.4 Å². The van der Waals surface area contributed by atoms with E-state index in [2.05, 4.69) is 47.8 Å². The number of benzene rings is 2. The normalized spacial score (nSPS) is 10.3. The topological polar surface area (TPSA) is 18.5 Å². The van der Waals surface area contributed by atoms with E-state index >= 15 is 0 Å². The molecule has 0 aromatic heterocycles. The molecule has 0 aliphatic carbocycles. The van der Waals surface area contributed by atoms with Gasteiger partial charge in [-0.15, -0.1) is 0 Å². The molecule has 0 atom stereocenters. The Labute approximate surface area is 137 Å². The van der Waals surface area contributed by atoms with Gasteiger partial charge in [0.05, 0.1) is 16.1 Å². The highest BCUT2D eigenvalue weighted by Crippen LogP contribution is 2.36. The van der Waals surface area contributed by atoms with Gasteiger partial charge in [0.25, 0.3) is 0 Å². The maximum absolute atomic E-state index is 5.80. The van der Waals surface area contributed by atoms with Gasteiger partial charge in [-0.05, 0) is 61.7 Å². The highest BCUT2D eigenvalue weighted by atomic mass is 79.9. The van der Waals surface area contributed by atoms with Crippen LogP contribution in [0.4, 0.5) is 0 Å². The average Bonchev–Trinajstić information content (AvgIpc) is 2.41. The zero-order valence-electron chi connectivity index (χ0n) is 10.1. The molecule has 0 saturated heterocycles. The van der Waals surface area contributed by atoms with Crippen molar-refractivity contribution in [1.29, 1.82) is 0 Å². The van der Waals surface area contributed by atoms with Crippen molar-refractivity contribution in [2.45, 2.75) is 6.61 Å². The second-order valence-corrected chi connectivity index (χ2v) is 6.46. The first-order valence-corrected chi connectivity index (χ1v) is 7.88. The third-order valence-corrected chi connectivity index (χ3v) is 4.28. The number of hydrogen-bond donors (Lipinski definition) is 0. The Morgan fingerprint density at radius 3 is 2.11 bits per heavy atom. The first kappa shape index (κ1) is 14.9. The number of rotatable bonds is 4. The number of halogens is 3. The lowest BCUT2D eigenvalue weighted by atomic mass is 10.2. The summed E-state index contributed by atoms with van der Waals surface area (Å²) in [7, 11) is 1.63. The van der Waals surface area contributed by atoms with Gasteiger partial charge in [0.2, 0.25) is 0 Å². The molecule has 0 aliphatic heterocycles. The monoisotopic (exact) mass is 448 g/mol. The molecular formula is C14H11Br3O2. The van der Waals surface area contributed by atoms with Gasteiger partial charge in [0.1, 0.15) is 18.1 Å². The minimum absolute atomic E-state index is 0.519. The Kier molecular flexibility index (Phi) is 5.30. The molecule has 0 unspecified atom stereocenters. The van der Waals surface area contributed by atoms with Crippen molar-refractivity contribution in [2.75, 3.05) is 7.11 Å². The molecule has 0 radical (unpaired) electrons. The van der Waals surface area contributed by atoms with Gasteiger partial charge in [-0.2, -0.15) is 0 Å². The Balaban J connectivity index is 2.11. The highest BCUT2D eigenvalue weighted by Gasteiger charge is 2.08. The SMILES string of the molecule is COc1cc(Br)c(OCc2ccc(Br)cc2)cc1Br. The number of hydrogen-bond acceptors (Lipinski definition) is 2. The second kappa shape index (κ2) is 6.77. The lowest BCUT2D eigenvalue weighted by Gasteiger charge is -2.11. The van der Waals surface area contributed by atoms with E-state index in [-0.39, 0.29) is 0 Å². The molecule has 5 heteroatoms. The van der Waals surface area contributed by atoms with Crippen molar-refractivity contribution in [3.8, 4) is 11.5 Å². The Bertz CT molecular complexity index is 568. The molecule has 19 heavy (non-hydrogen) atoms. The fourth-order valence-corrected chi connectivity index (χ4v) is 2.70. The van der Waals surface area contributed by atoms with Crippen LogP contribution in [-0.2, 0) is 6.61 Å². The Morgan fingerprint density at radius 1 is 0.895 bits per heavy atom. The van der Waals surface area contributed by atoms with Gasteiger partial charge >= 0.3 is 0 Å². The molecule has 0 heterocycles. The van der Waals surface area contributed by atoms with Crippen LogP contribution in [0.1, 0.15) is 5.56 Å². The lowest BCUT2D eigenvalue weighted by molar-refractivity contribution is 0.303. The molecule has 2 aromatic carbocycles. The third kappa shape index (κ3) is 3.97. The fourth-order valence-electron chi connectivity index (χ4n) is 1.52. The molecule has 100 valence electrons. The summed E-state index contributed by atoms with van der Waals surface area (Å²) in [5, 5.41) is 0. The van der Waals surface area contributed by atoms with E-state index in [9.17, 15) is 0 Å². The van der Waals surface area contributed by atoms with Gasteiger partial charge in [-0.3, -0.25) is 0 Å². The summed E-state index contributed by atoms with van der Waals surface area (Å²) < 4.78 is 13.8. The highest BCUT2D eigenvalue weighted by molar-refractivity contribution is 9.11. The van der Waals surface area contributed by atoms with E-state index in [1.807, 2.05) is 36.4 Å². The van der Waals surface area contributed by atoms with E-state index in [0.717, 1.165) is 30.5 Å². The van der Waals surface area contributed by atoms with Gasteiger partial charge in [0, 0.05) is 4.47 Å². The molecule has 2 rings (SSSR count). The van der Waals surface area contributed by atoms with Crippen molar-refractivity contribution >= 4 is 47.8 Å². The van der Waals surface area contributed by atoms with Gasteiger partial charge in [0.15, 0.2) is 0 Å². The van der Waals surface area contributed by atoms with Crippen LogP contribution in [0.2, 0.25) is 0 Å². The first-order chi connectivity index (χ1) is 9.10. The second-order valence-electron chi connectivity index (χ2n) is 3.83. The molecular weight excluding hydrogens is 440 g/mol. The van der Waals surface area contributed by atoms with E-state index in [4.69, 9.17) is 9.47 Å². The summed E-state index contributed by atoms with van der Waals surface area (Å²) in [6.45, 7) is 0.519. The maximum Gasteiger partial charge on any atom is 0.135 e. The maximum atomic E-state index is 5.80. The fraction of sp³-hybridized carbons (Fsp3) is 0.143. The predicted molar refractivity (Wildman–Crippen MR) is 86.9 cm³/mol. The lowest BCUT2D eigenvalue weighted by Crippen LogP contribution is -1.96. The van der Waals surface area contributed by atoms with E-state index < -0.39 is 0 Å². The van der Waals surface area contributed by atoms with Gasteiger partial charge in [-0.25, -0.2) is 0 Å². The minimum atomic E-state index is 0.519. The molecule has 0 bridgehead atoms. The molecule has 0 saturated carbocycles. The largest absolute Gasteiger partial charge is 0.496 e. The summed E-state index contributed by atoms with van der Waals surface area (Å²) in [4.78, 5) is 0.